The normalized spacial score (nSPS) is 14.0. The Kier molecular flexibility index (Phi) is 48.2. The third kappa shape index (κ3) is 35.2. The maximum Gasteiger partial charge on any atom is 0.275 e. The Morgan fingerprint density at radius 1 is 0.368 bits per heavy atom. The number of aromatic nitrogens is 1. The van der Waals surface area contributed by atoms with Gasteiger partial charge in [0, 0.05) is 104 Å². The lowest BCUT2D eigenvalue weighted by molar-refractivity contribution is 0.0572. The van der Waals surface area contributed by atoms with Gasteiger partial charge in [0.25, 0.3) is 94.5 Å². The van der Waals surface area contributed by atoms with Crippen molar-refractivity contribution in [2.45, 2.75) is 110 Å². The predicted octanol–water partition coefficient (Wildman–Crippen LogP) is 2.22. The number of rotatable bonds is 25. The molecular formula is C83H113N27O18S8. The monoisotopic (exact) mass is 2030 g/mol. The zero-order valence-corrected chi connectivity index (χ0v) is 81.8. The van der Waals surface area contributed by atoms with E-state index in [1.807, 2.05) is 94.5 Å². The second kappa shape index (κ2) is 58.3. The van der Waals surface area contributed by atoms with E-state index in [0.717, 1.165) is 132 Å². The van der Waals surface area contributed by atoms with Crippen LogP contribution >= 0.6 is 90.7 Å². The van der Waals surface area contributed by atoms with Crippen LogP contribution in [0.3, 0.4) is 0 Å². The average Bonchev–Trinajstić information content (AvgIpc) is 1.60. The number of nitrogen functional groups attached to an aromatic ring is 8. The third-order valence-corrected chi connectivity index (χ3v) is 27.9. The number of piperidine rings is 1. The van der Waals surface area contributed by atoms with Gasteiger partial charge in [-0.05, 0) is 200 Å². The Morgan fingerprint density at radius 3 is 0.971 bits per heavy atom. The van der Waals surface area contributed by atoms with Gasteiger partial charge in [0.15, 0.2) is 0 Å². The van der Waals surface area contributed by atoms with E-state index < -0.39 is 29.9 Å². The first-order valence-corrected chi connectivity index (χ1v) is 48.5. The third-order valence-electron chi connectivity index (χ3n) is 19.3. The van der Waals surface area contributed by atoms with Crippen molar-refractivity contribution < 1.29 is 86.9 Å². The fraction of sp³-hybridized carbons (Fsp3) is 0.361. The maximum atomic E-state index is 12.5. The summed E-state index contributed by atoms with van der Waals surface area (Å²) in [6, 6.07) is 29.9. The van der Waals surface area contributed by atoms with Crippen molar-refractivity contribution in [2.24, 2.45) is 46.7 Å². The summed E-state index contributed by atoms with van der Waals surface area (Å²) in [4.78, 5) is 205. The Morgan fingerprint density at radius 2 is 0.647 bits per heavy atom. The Hall–Kier alpha value is -12.2. The summed E-state index contributed by atoms with van der Waals surface area (Å²) in [6.07, 6.45) is 9.21. The molecule has 45 nitrogen and oxygen atoms in total. The average molecular weight is 2030 g/mol. The number of hydrogen-bond acceptors (Lipinski definition) is 37. The topological polar surface area (TPSA) is 698 Å². The van der Waals surface area contributed by atoms with Crippen LogP contribution in [0, 0.1) is 0 Å². The highest BCUT2D eigenvalue weighted by atomic mass is 32.1. The molecule has 0 bridgehead atoms. The number of pyridine rings is 1. The molecule has 0 saturated carbocycles. The molecule has 2 unspecified atom stereocenters. The molecule has 4 aliphatic rings. The van der Waals surface area contributed by atoms with Gasteiger partial charge >= 0.3 is 0 Å². The van der Waals surface area contributed by atoms with Gasteiger partial charge in [0.1, 0.15) is 0 Å². The van der Waals surface area contributed by atoms with Crippen LogP contribution in [0.25, 0.3) is 0 Å². The van der Waals surface area contributed by atoms with E-state index in [0.29, 0.717) is 110 Å². The van der Waals surface area contributed by atoms with Crippen molar-refractivity contribution in [1.82, 2.24) is 99.3 Å². The van der Waals surface area contributed by atoms with Crippen LogP contribution in [-0.2, 0) is 6.54 Å². The number of hydrazine groups is 9. The van der Waals surface area contributed by atoms with E-state index in [1.54, 1.807) is 116 Å². The second-order valence-corrected chi connectivity index (χ2v) is 38.1. The maximum absolute atomic E-state index is 12.5. The number of aliphatic hydroxyl groups excluding tert-OH is 2. The first kappa shape index (κ1) is 113. The van der Waals surface area contributed by atoms with Gasteiger partial charge in [-0.1, -0.05) is 6.92 Å². The lowest BCUT2D eigenvalue weighted by atomic mass is 10.0. The highest BCUT2D eigenvalue weighted by Crippen LogP contribution is 2.28. The lowest BCUT2D eigenvalue weighted by Crippen LogP contribution is -2.45. The first-order chi connectivity index (χ1) is 65.0. The van der Waals surface area contributed by atoms with Gasteiger partial charge in [-0.15, -0.1) is 90.7 Å². The number of amides is 16. The summed E-state index contributed by atoms with van der Waals surface area (Å²) in [5, 5.41) is 28.5. The number of likely N-dealkylation sites (tertiary alicyclic amines) is 4. The Balaban J connectivity index is 0.000000240. The largest absolute Gasteiger partial charge is 0.388 e. The molecule has 53 heteroatoms. The summed E-state index contributed by atoms with van der Waals surface area (Å²) < 4.78 is 0. The summed E-state index contributed by atoms with van der Waals surface area (Å²) in [7, 11) is 3.41. The molecule has 0 radical (unpaired) electrons. The van der Waals surface area contributed by atoms with E-state index in [1.165, 1.54) is 70.6 Å². The molecule has 4 saturated heterocycles. The van der Waals surface area contributed by atoms with Crippen LogP contribution in [0.2, 0.25) is 0 Å². The smallest absolute Gasteiger partial charge is 0.275 e. The number of aliphatic hydroxyl groups is 2. The number of carbonyl (C=O) groups is 16. The van der Waals surface area contributed by atoms with Crippen molar-refractivity contribution in [3.63, 3.8) is 0 Å². The van der Waals surface area contributed by atoms with Gasteiger partial charge in [-0.25, -0.2) is 51.8 Å². The molecule has 9 aromatic rings. The molecule has 9 aromatic heterocycles. The summed E-state index contributed by atoms with van der Waals surface area (Å²) in [5.74, 6) is 35.9. The molecule has 0 aliphatic carbocycles. The van der Waals surface area contributed by atoms with E-state index >= 15 is 0 Å². The molecule has 736 valence electrons. The highest BCUT2D eigenvalue weighted by Gasteiger charge is 2.35. The van der Waals surface area contributed by atoms with Gasteiger partial charge in [-0.2, -0.15) is 0 Å². The van der Waals surface area contributed by atoms with Gasteiger partial charge in [-0.3, -0.25) is 131 Å². The number of thiophene rings is 8. The van der Waals surface area contributed by atoms with Crippen LogP contribution in [0.5, 0.6) is 0 Å². The second-order valence-electron chi connectivity index (χ2n) is 29.4. The van der Waals surface area contributed by atoms with E-state index in [-0.39, 0.29) is 95.9 Å². The van der Waals surface area contributed by atoms with E-state index in [4.69, 9.17) is 46.7 Å². The molecule has 2 atom stereocenters. The van der Waals surface area contributed by atoms with Crippen molar-refractivity contribution in [1.29, 1.82) is 0 Å². The Bertz CT molecular complexity index is 5330. The minimum absolute atomic E-state index is 0.0126. The minimum atomic E-state index is -0.916. The van der Waals surface area contributed by atoms with Crippen LogP contribution in [0.15, 0.2) is 122 Å². The predicted molar refractivity (Wildman–Crippen MR) is 520 cm³/mol. The SMILES string of the molecule is CC(C)NC(=O)c1ccc(C(=O)NN)s1.CCCNC(=O)c1ccc(C(=O)NN)s1.CCN(CC)C(=O)c1ccc(C(=O)NN)s1.CN(C)NC(=O)c1ccc(C(=O)NN)s1.NNC(=O)c1ccc(C(=O)N2CC(O)C(O)C2)s1.NNC(=O)c1ccc(C(=O)N2CCC(N3CCCC3)CC2)s1.NNC(=O)c1ccc(C(=O)N2CCCC2)s1.NNC(=O)c1ccc(C(=O)NCc2ccncc2)s1. The minimum Gasteiger partial charge on any atom is -0.388 e. The Labute approximate surface area is 814 Å². The molecule has 16 amide bonds. The van der Waals surface area contributed by atoms with E-state index in [9.17, 15) is 86.9 Å². The zero-order chi connectivity index (χ0) is 100. The zero-order valence-electron chi connectivity index (χ0n) is 75.2. The van der Waals surface area contributed by atoms with E-state index in [2.05, 4.69) is 36.7 Å². The first-order valence-electron chi connectivity index (χ1n) is 41.9. The van der Waals surface area contributed by atoms with Crippen LogP contribution in [0.4, 0.5) is 0 Å². The van der Waals surface area contributed by atoms with Gasteiger partial charge in [0.2, 0.25) is 0 Å². The van der Waals surface area contributed by atoms with Crippen molar-refractivity contribution >= 4 is 185 Å². The highest BCUT2D eigenvalue weighted by molar-refractivity contribution is 7.18. The van der Waals surface area contributed by atoms with Crippen LogP contribution < -0.4 is 112 Å². The number of β-amino-alcohol motifs (C(OH)–C–C–N with tert-alkyl or cyclic N) is 2. The van der Waals surface area contributed by atoms with Crippen LogP contribution in [0.1, 0.15) is 240 Å². The lowest BCUT2D eigenvalue weighted by Gasteiger charge is -2.36. The number of nitrogens with one attached hydrogen (secondary N) is 12. The molecule has 13 heterocycles. The van der Waals surface area contributed by atoms with Crippen molar-refractivity contribution in [3.05, 3.63) is 205 Å². The molecule has 4 aliphatic heterocycles. The molecule has 0 aromatic carbocycles. The molecule has 4 fully saturated rings. The van der Waals surface area contributed by atoms with Crippen LogP contribution in [-0.4, -0.2) is 250 Å². The van der Waals surface area contributed by atoms with Gasteiger partial charge < -0.3 is 50.7 Å². The summed E-state index contributed by atoms with van der Waals surface area (Å²) in [6.45, 7) is 17.8. The fourth-order valence-electron chi connectivity index (χ4n) is 12.4. The standard InChI is InChI=1S/C15H22N4O2S.C12H12N4O2S.C10H13N3O4S.C10H13N3O2S.C10H15N3O2S.2C9H13N3O2S.C8H12N4O2S/c16-17-14(20)12-3-4-13(22-12)15(21)19-9-5-11(6-10-19)18-7-1-2-8-18;13-16-12(18)10-2-1-9(19-10)11(17)15-7-8-3-5-14-6-4-8;11-12-9(16)7-1-2-8(18-7)10(17)13-3-5(14)6(15)4-13;11-12-9(14)7-3-4-8(16-7)10(15)13-5-1-2-6-13;1-3-13(4-2)10(15)8-6-5-7(16-8)9(14)12-11;1-5(2)11-8(13)6-3-4-7(15-6)9(14)12-10;1-2-5-11-8(13)6-3-4-7(15-6)9(14)12-10;1-12(2)11-8(14)6-4-3-5(15-6)7(13)10-9/h3-4,11H,1-2,5-10,16H2,(H,17,20);1-6H,7,13H2,(H,15,17)(H,16,18);1-2,5-6,14-15H,3-4,11H2,(H,12,16);3-4H,1-2,5-6,11H2,(H,12,14);5-6H,3-4,11H2,1-2H3,(H,12,14);3-5H,10H2,1-2H3,(H,11,13)(H,12,14);3-4H,2,5,10H2,1H3,(H,11,13)(H,12,14);3-4H,9H2,1-2H3,(H,10,13)(H,11,14). The number of carbonyl (C=O) groups excluding carboxylic acids is 16. The number of nitrogens with two attached hydrogens (primary N) is 8. The fourth-order valence-corrected chi connectivity index (χ4v) is 19.2. The molecule has 13 rings (SSSR count). The quantitative estimate of drug-likeness (QED) is 0.0222. The number of nitrogens with zero attached hydrogens (tertiary/aromatic N) is 7. The van der Waals surface area contributed by atoms with Crippen molar-refractivity contribution in [2.75, 3.05) is 86.1 Å². The molecule has 136 heavy (non-hydrogen) atoms. The summed E-state index contributed by atoms with van der Waals surface area (Å²) >= 11 is 8.95. The molecule has 0 spiro atoms. The summed E-state index contributed by atoms with van der Waals surface area (Å²) in [5.41, 5.74) is 19.7. The molecular weight excluding hydrogens is 1920 g/mol. The van der Waals surface area contributed by atoms with Crippen molar-refractivity contribution in [3.8, 4) is 0 Å². The molecule has 30 N–H and O–H groups in total. The van der Waals surface area contributed by atoms with Gasteiger partial charge in [0.05, 0.1) is 90.2 Å². The number of hydrogen-bond donors (Lipinski definition) is 22.